The quantitative estimate of drug-likeness (QED) is 0.334. The van der Waals surface area contributed by atoms with Crippen molar-refractivity contribution in [3.05, 3.63) is 88.7 Å². The molecule has 1 aliphatic carbocycles. The molecular formula is C29H31F3O2. The number of rotatable bonds is 8. The van der Waals surface area contributed by atoms with Crippen LogP contribution in [-0.2, 0) is 11.3 Å². The Balaban J connectivity index is 1.33. The lowest BCUT2D eigenvalue weighted by molar-refractivity contribution is 0.131. The molecule has 1 fully saturated rings. The molecule has 0 bridgehead atoms. The maximum Gasteiger partial charge on any atom is 0.166 e. The van der Waals surface area contributed by atoms with Gasteiger partial charge in [0.15, 0.2) is 11.6 Å². The predicted molar refractivity (Wildman–Crippen MR) is 128 cm³/mol. The smallest absolute Gasteiger partial charge is 0.166 e. The Kier molecular flexibility index (Phi) is 7.94. The van der Waals surface area contributed by atoms with Crippen molar-refractivity contribution < 1.29 is 22.6 Å². The molecule has 2 nitrogen and oxygen atoms in total. The van der Waals surface area contributed by atoms with Crippen molar-refractivity contribution >= 4 is 0 Å². The second kappa shape index (κ2) is 11.1. The first-order valence-electron chi connectivity index (χ1n) is 12.0. The molecular weight excluding hydrogens is 437 g/mol. The fourth-order valence-electron chi connectivity index (χ4n) is 4.64. The summed E-state index contributed by atoms with van der Waals surface area (Å²) in [5, 5.41) is 0. The summed E-state index contributed by atoms with van der Waals surface area (Å²) in [6, 6.07) is 15.7. The average Bonchev–Trinajstić information content (AvgIpc) is 2.85. The van der Waals surface area contributed by atoms with Gasteiger partial charge in [0.25, 0.3) is 0 Å². The van der Waals surface area contributed by atoms with E-state index < -0.39 is 11.6 Å². The first-order valence-corrected chi connectivity index (χ1v) is 12.0. The minimum absolute atomic E-state index is 0.00638. The third-order valence-electron chi connectivity index (χ3n) is 6.73. The van der Waals surface area contributed by atoms with Gasteiger partial charge in [-0.1, -0.05) is 48.0 Å². The molecule has 34 heavy (non-hydrogen) atoms. The second-order valence-electron chi connectivity index (χ2n) is 9.12. The molecule has 0 unspecified atom stereocenters. The fraction of sp³-hybridized carbons (Fsp3) is 0.379. The van der Waals surface area contributed by atoms with Crippen LogP contribution >= 0.6 is 0 Å². The number of ether oxygens (including phenoxy) is 2. The summed E-state index contributed by atoms with van der Waals surface area (Å²) >= 11 is 0. The Bertz CT molecular complexity index is 1100. The molecule has 0 radical (unpaired) electrons. The van der Waals surface area contributed by atoms with Gasteiger partial charge in [-0.2, -0.15) is 0 Å². The van der Waals surface area contributed by atoms with E-state index in [1.807, 2.05) is 38.1 Å². The van der Waals surface area contributed by atoms with E-state index in [9.17, 15) is 13.2 Å². The van der Waals surface area contributed by atoms with E-state index >= 15 is 0 Å². The first kappa shape index (κ1) is 24.3. The molecule has 0 N–H and O–H groups in total. The summed E-state index contributed by atoms with van der Waals surface area (Å²) in [7, 11) is 0. The highest BCUT2D eigenvalue weighted by Crippen LogP contribution is 2.39. The molecule has 0 aromatic heterocycles. The van der Waals surface area contributed by atoms with Crippen LogP contribution in [0.15, 0.2) is 54.6 Å². The van der Waals surface area contributed by atoms with Crippen molar-refractivity contribution in [3.63, 3.8) is 0 Å². The molecule has 0 spiro atoms. The van der Waals surface area contributed by atoms with E-state index in [-0.39, 0.29) is 18.3 Å². The van der Waals surface area contributed by atoms with Gasteiger partial charge in [-0.05, 0) is 68.6 Å². The fourth-order valence-corrected chi connectivity index (χ4v) is 4.64. The standard InChI is InChI=1S/C29H31F3O2/c1-3-33-18-23-12-13-24(16-27(23)30)34-17-20-6-10-22(11-7-20)26-15-14-25(28(31)29(26)32)21-8-4-19(2)5-9-21/h4-5,8-9,12-16,20,22H,3,6-7,10-11,17-18H2,1-2H3. The van der Waals surface area contributed by atoms with Gasteiger partial charge in [-0.3, -0.25) is 0 Å². The lowest BCUT2D eigenvalue weighted by Crippen LogP contribution is -2.20. The number of benzene rings is 3. The molecule has 5 heteroatoms. The van der Waals surface area contributed by atoms with E-state index in [0.717, 1.165) is 31.2 Å². The van der Waals surface area contributed by atoms with Gasteiger partial charge in [0, 0.05) is 23.8 Å². The first-order chi connectivity index (χ1) is 16.5. The topological polar surface area (TPSA) is 18.5 Å². The van der Waals surface area contributed by atoms with Crippen LogP contribution < -0.4 is 4.74 Å². The van der Waals surface area contributed by atoms with Crippen LogP contribution in [0, 0.1) is 30.3 Å². The lowest BCUT2D eigenvalue weighted by atomic mass is 9.78. The maximum absolute atomic E-state index is 15.0. The van der Waals surface area contributed by atoms with Crippen molar-refractivity contribution in [3.8, 4) is 16.9 Å². The van der Waals surface area contributed by atoms with Gasteiger partial charge in [-0.15, -0.1) is 0 Å². The Hall–Kier alpha value is -2.79. The molecule has 0 atom stereocenters. The summed E-state index contributed by atoms with van der Waals surface area (Å²) in [5.41, 5.74) is 3.02. The average molecular weight is 469 g/mol. The Morgan fingerprint density at radius 1 is 0.853 bits per heavy atom. The highest BCUT2D eigenvalue weighted by molar-refractivity contribution is 5.65. The molecule has 4 rings (SSSR count). The van der Waals surface area contributed by atoms with Crippen LogP contribution in [0.2, 0.25) is 0 Å². The molecule has 1 aliphatic rings. The third-order valence-corrected chi connectivity index (χ3v) is 6.73. The van der Waals surface area contributed by atoms with Crippen LogP contribution in [0.1, 0.15) is 55.2 Å². The summed E-state index contributed by atoms with van der Waals surface area (Å²) in [5.74, 6) is -1.04. The van der Waals surface area contributed by atoms with Crippen LogP contribution in [0.25, 0.3) is 11.1 Å². The molecule has 0 heterocycles. The van der Waals surface area contributed by atoms with E-state index in [0.29, 0.717) is 47.1 Å². The summed E-state index contributed by atoms with van der Waals surface area (Å²) < 4.78 is 55.1. The Labute approximate surface area is 199 Å². The van der Waals surface area contributed by atoms with Crippen LogP contribution in [-0.4, -0.2) is 13.2 Å². The largest absolute Gasteiger partial charge is 0.493 e. The van der Waals surface area contributed by atoms with Gasteiger partial charge in [-0.25, -0.2) is 13.2 Å². The Morgan fingerprint density at radius 3 is 2.26 bits per heavy atom. The molecule has 3 aromatic rings. The van der Waals surface area contributed by atoms with E-state index in [4.69, 9.17) is 9.47 Å². The van der Waals surface area contributed by atoms with E-state index in [2.05, 4.69) is 0 Å². The minimum atomic E-state index is -0.776. The molecule has 0 saturated heterocycles. The molecule has 0 amide bonds. The van der Waals surface area contributed by atoms with Gasteiger partial charge in [0.1, 0.15) is 11.6 Å². The van der Waals surface area contributed by atoms with Crippen molar-refractivity contribution in [1.29, 1.82) is 0 Å². The number of aryl methyl sites for hydroxylation is 1. The van der Waals surface area contributed by atoms with Gasteiger partial charge in [0.05, 0.1) is 13.2 Å². The van der Waals surface area contributed by atoms with Gasteiger partial charge < -0.3 is 9.47 Å². The van der Waals surface area contributed by atoms with Crippen LogP contribution in [0.3, 0.4) is 0 Å². The van der Waals surface area contributed by atoms with E-state index in [1.165, 1.54) is 6.07 Å². The molecule has 3 aromatic carbocycles. The molecule has 180 valence electrons. The van der Waals surface area contributed by atoms with Gasteiger partial charge >= 0.3 is 0 Å². The zero-order valence-electron chi connectivity index (χ0n) is 19.8. The molecule has 1 saturated carbocycles. The monoisotopic (exact) mass is 468 g/mol. The molecule has 0 aliphatic heterocycles. The summed E-state index contributed by atoms with van der Waals surface area (Å²) in [6.07, 6.45) is 3.26. The zero-order valence-corrected chi connectivity index (χ0v) is 19.8. The minimum Gasteiger partial charge on any atom is -0.493 e. The van der Waals surface area contributed by atoms with Crippen LogP contribution in [0.4, 0.5) is 13.2 Å². The highest BCUT2D eigenvalue weighted by Gasteiger charge is 2.27. The van der Waals surface area contributed by atoms with Crippen molar-refractivity contribution in [2.75, 3.05) is 13.2 Å². The summed E-state index contributed by atoms with van der Waals surface area (Å²) in [4.78, 5) is 0. The Morgan fingerprint density at radius 2 is 1.59 bits per heavy atom. The highest BCUT2D eigenvalue weighted by atomic mass is 19.2. The number of halogens is 3. The SMILES string of the molecule is CCOCc1ccc(OCC2CCC(c3ccc(-c4ccc(C)cc4)c(F)c3F)CC2)cc1F. The predicted octanol–water partition coefficient (Wildman–Crippen LogP) is 7.97. The van der Waals surface area contributed by atoms with E-state index in [1.54, 1.807) is 24.3 Å². The number of hydrogen-bond acceptors (Lipinski definition) is 2. The lowest BCUT2D eigenvalue weighted by Gasteiger charge is -2.29. The summed E-state index contributed by atoms with van der Waals surface area (Å²) in [6.45, 7) is 5.10. The zero-order chi connectivity index (χ0) is 24.1. The number of hydrogen-bond donors (Lipinski definition) is 0. The normalized spacial score (nSPS) is 18.1. The van der Waals surface area contributed by atoms with Crippen molar-refractivity contribution in [2.45, 2.75) is 52.1 Å². The maximum atomic E-state index is 15.0. The van der Waals surface area contributed by atoms with Gasteiger partial charge in [0.2, 0.25) is 0 Å². The van der Waals surface area contributed by atoms with Crippen molar-refractivity contribution in [1.82, 2.24) is 0 Å². The van der Waals surface area contributed by atoms with Crippen molar-refractivity contribution in [2.24, 2.45) is 5.92 Å². The second-order valence-corrected chi connectivity index (χ2v) is 9.12. The third kappa shape index (κ3) is 5.64. The van der Waals surface area contributed by atoms with Crippen LogP contribution in [0.5, 0.6) is 5.75 Å².